The summed E-state index contributed by atoms with van der Waals surface area (Å²) in [6.07, 6.45) is 1.21. The second-order valence-corrected chi connectivity index (χ2v) is 3.80. The highest BCUT2D eigenvalue weighted by molar-refractivity contribution is 6.01. The van der Waals surface area contributed by atoms with Gasteiger partial charge < -0.3 is 9.47 Å². The van der Waals surface area contributed by atoms with E-state index in [4.69, 9.17) is 9.47 Å². The fourth-order valence-corrected chi connectivity index (χ4v) is 1.93. The zero-order chi connectivity index (χ0) is 12.3. The number of fused-ring (bicyclic) bond motifs is 1. The number of rotatable bonds is 4. The number of ketones is 1. The predicted octanol–water partition coefficient (Wildman–Crippen LogP) is 1.76. The number of esters is 1. The van der Waals surface area contributed by atoms with Crippen LogP contribution in [0.2, 0.25) is 0 Å². The molecule has 90 valence electrons. The topological polar surface area (TPSA) is 52.6 Å². The molecule has 0 bridgehead atoms. The highest BCUT2D eigenvalue weighted by atomic mass is 16.6. The maximum atomic E-state index is 11.5. The van der Waals surface area contributed by atoms with Crippen LogP contribution >= 0.6 is 0 Å². The Kier molecular flexibility index (Phi) is 3.42. The van der Waals surface area contributed by atoms with E-state index in [9.17, 15) is 9.59 Å². The molecule has 0 N–H and O–H groups in total. The molecular weight excluding hydrogens is 220 g/mol. The van der Waals surface area contributed by atoms with Crippen LogP contribution in [0.5, 0.6) is 5.75 Å². The van der Waals surface area contributed by atoms with Crippen molar-refractivity contribution in [2.75, 3.05) is 13.2 Å². The van der Waals surface area contributed by atoms with Crippen LogP contribution in [-0.2, 0) is 16.0 Å². The Morgan fingerprint density at radius 1 is 1.35 bits per heavy atom. The minimum absolute atomic E-state index is 0.113. The second kappa shape index (κ2) is 4.99. The van der Waals surface area contributed by atoms with Crippen LogP contribution in [0.25, 0.3) is 0 Å². The Hall–Kier alpha value is -1.84. The number of benzene rings is 1. The summed E-state index contributed by atoms with van der Waals surface area (Å²) in [5, 5.41) is 0. The molecule has 4 heteroatoms. The van der Waals surface area contributed by atoms with Crippen molar-refractivity contribution in [3.05, 3.63) is 29.3 Å². The van der Waals surface area contributed by atoms with Gasteiger partial charge in [-0.25, -0.2) is 4.79 Å². The van der Waals surface area contributed by atoms with Gasteiger partial charge in [0.1, 0.15) is 5.75 Å². The number of ether oxygens (including phenoxy) is 2. The van der Waals surface area contributed by atoms with Crippen molar-refractivity contribution in [1.82, 2.24) is 0 Å². The van der Waals surface area contributed by atoms with Crippen molar-refractivity contribution >= 4 is 11.8 Å². The summed E-state index contributed by atoms with van der Waals surface area (Å²) in [4.78, 5) is 22.7. The third kappa shape index (κ3) is 2.46. The Bertz CT molecular complexity index is 451. The fourth-order valence-electron chi connectivity index (χ4n) is 1.93. The van der Waals surface area contributed by atoms with E-state index < -0.39 is 5.97 Å². The smallest absolute Gasteiger partial charge is 0.344 e. The van der Waals surface area contributed by atoms with Crippen LogP contribution in [-0.4, -0.2) is 25.0 Å². The molecule has 0 heterocycles. The van der Waals surface area contributed by atoms with Gasteiger partial charge in [0.2, 0.25) is 0 Å². The van der Waals surface area contributed by atoms with Gasteiger partial charge in [-0.3, -0.25) is 4.79 Å². The zero-order valence-corrected chi connectivity index (χ0v) is 9.69. The van der Waals surface area contributed by atoms with Gasteiger partial charge >= 0.3 is 5.97 Å². The van der Waals surface area contributed by atoms with Gasteiger partial charge in [-0.05, 0) is 19.4 Å². The standard InChI is InChI=1S/C13H14O4/c1-2-16-13(15)8-17-12-5-3-4-9-10(12)6-7-11(9)14/h3-5H,2,6-8H2,1H3. The molecule has 17 heavy (non-hydrogen) atoms. The molecule has 0 aromatic heterocycles. The Labute approximate surface area is 99.5 Å². The first kappa shape index (κ1) is 11.6. The highest BCUT2D eigenvalue weighted by Crippen LogP contribution is 2.30. The lowest BCUT2D eigenvalue weighted by molar-refractivity contribution is -0.145. The molecule has 0 saturated heterocycles. The summed E-state index contributed by atoms with van der Waals surface area (Å²) in [5.74, 6) is 0.359. The Morgan fingerprint density at radius 3 is 2.94 bits per heavy atom. The van der Waals surface area contributed by atoms with E-state index in [0.717, 1.165) is 5.56 Å². The molecule has 0 fully saturated rings. The Morgan fingerprint density at radius 2 is 2.18 bits per heavy atom. The van der Waals surface area contributed by atoms with Crippen LogP contribution in [0.15, 0.2) is 18.2 Å². The predicted molar refractivity (Wildman–Crippen MR) is 61.2 cm³/mol. The van der Waals surface area contributed by atoms with Crippen LogP contribution in [0.1, 0.15) is 29.3 Å². The Balaban J connectivity index is 2.08. The maximum absolute atomic E-state index is 11.5. The molecule has 0 saturated carbocycles. The summed E-state index contributed by atoms with van der Waals surface area (Å²) in [7, 11) is 0. The van der Waals surface area contributed by atoms with E-state index in [1.807, 2.05) is 0 Å². The van der Waals surface area contributed by atoms with Gasteiger partial charge in [0, 0.05) is 17.5 Å². The number of carbonyl (C=O) groups excluding carboxylic acids is 2. The normalized spacial score (nSPS) is 13.4. The molecule has 1 aliphatic rings. The lowest BCUT2D eigenvalue weighted by Crippen LogP contribution is -2.15. The maximum Gasteiger partial charge on any atom is 0.344 e. The summed E-state index contributed by atoms with van der Waals surface area (Å²) < 4.78 is 10.2. The molecule has 0 unspecified atom stereocenters. The SMILES string of the molecule is CCOC(=O)COc1cccc2c1CCC2=O. The van der Waals surface area contributed by atoms with Gasteiger partial charge in [0.25, 0.3) is 0 Å². The monoisotopic (exact) mass is 234 g/mol. The quantitative estimate of drug-likeness (QED) is 0.745. The molecule has 0 aliphatic heterocycles. The lowest BCUT2D eigenvalue weighted by Gasteiger charge is -2.09. The summed E-state index contributed by atoms with van der Waals surface area (Å²) in [6, 6.07) is 5.33. The van der Waals surface area contributed by atoms with Gasteiger partial charge in [-0.2, -0.15) is 0 Å². The summed E-state index contributed by atoms with van der Waals surface area (Å²) in [6.45, 7) is 1.98. The molecule has 0 amide bonds. The largest absolute Gasteiger partial charge is 0.482 e. The first-order chi connectivity index (χ1) is 8.22. The molecule has 0 radical (unpaired) electrons. The van der Waals surface area contributed by atoms with Crippen LogP contribution in [0, 0.1) is 0 Å². The summed E-state index contributed by atoms with van der Waals surface area (Å²) >= 11 is 0. The van der Waals surface area contributed by atoms with Gasteiger partial charge in [-0.15, -0.1) is 0 Å². The van der Waals surface area contributed by atoms with Crippen molar-refractivity contribution in [1.29, 1.82) is 0 Å². The molecule has 1 aromatic carbocycles. The molecule has 2 rings (SSSR count). The van der Waals surface area contributed by atoms with Crippen LogP contribution < -0.4 is 4.74 Å². The van der Waals surface area contributed by atoms with Crippen molar-refractivity contribution in [3.63, 3.8) is 0 Å². The number of hydrogen-bond donors (Lipinski definition) is 0. The summed E-state index contributed by atoms with van der Waals surface area (Å²) in [5.41, 5.74) is 1.62. The minimum atomic E-state index is -0.394. The first-order valence-electron chi connectivity index (χ1n) is 5.66. The first-order valence-corrected chi connectivity index (χ1v) is 5.66. The third-order valence-electron chi connectivity index (χ3n) is 2.69. The van der Waals surface area contributed by atoms with Gasteiger partial charge in [0.15, 0.2) is 12.4 Å². The fraction of sp³-hybridized carbons (Fsp3) is 0.385. The number of Topliss-reactive ketones (excluding diaryl/α,β-unsaturated/α-hetero) is 1. The van der Waals surface area contributed by atoms with Gasteiger partial charge in [-0.1, -0.05) is 12.1 Å². The highest BCUT2D eigenvalue weighted by Gasteiger charge is 2.22. The van der Waals surface area contributed by atoms with E-state index in [2.05, 4.69) is 0 Å². The molecular formula is C13H14O4. The average Bonchev–Trinajstić information content (AvgIpc) is 2.70. The van der Waals surface area contributed by atoms with Crippen molar-refractivity contribution in [2.24, 2.45) is 0 Å². The van der Waals surface area contributed by atoms with Crippen LogP contribution in [0.3, 0.4) is 0 Å². The van der Waals surface area contributed by atoms with Crippen molar-refractivity contribution in [2.45, 2.75) is 19.8 Å². The van der Waals surface area contributed by atoms with E-state index in [1.165, 1.54) is 0 Å². The minimum Gasteiger partial charge on any atom is -0.482 e. The second-order valence-electron chi connectivity index (χ2n) is 3.80. The molecule has 1 aromatic rings. The van der Waals surface area contributed by atoms with Crippen LogP contribution in [0.4, 0.5) is 0 Å². The van der Waals surface area contributed by atoms with E-state index in [-0.39, 0.29) is 12.4 Å². The zero-order valence-electron chi connectivity index (χ0n) is 9.69. The third-order valence-corrected chi connectivity index (χ3v) is 2.69. The van der Waals surface area contributed by atoms with Crippen molar-refractivity contribution < 1.29 is 19.1 Å². The molecule has 1 aliphatic carbocycles. The number of hydrogen-bond acceptors (Lipinski definition) is 4. The van der Waals surface area contributed by atoms with Gasteiger partial charge in [0.05, 0.1) is 6.61 Å². The molecule has 0 spiro atoms. The molecule has 4 nitrogen and oxygen atoms in total. The number of carbonyl (C=O) groups is 2. The average molecular weight is 234 g/mol. The van der Waals surface area contributed by atoms with E-state index in [0.29, 0.717) is 30.8 Å². The van der Waals surface area contributed by atoms with E-state index >= 15 is 0 Å². The lowest BCUT2D eigenvalue weighted by atomic mass is 10.1. The van der Waals surface area contributed by atoms with E-state index in [1.54, 1.807) is 25.1 Å². The molecule has 0 atom stereocenters. The van der Waals surface area contributed by atoms with Crippen molar-refractivity contribution in [3.8, 4) is 5.75 Å².